The van der Waals surface area contributed by atoms with Crippen LogP contribution in [-0.4, -0.2) is 30.9 Å². The molecule has 0 saturated carbocycles. The maximum absolute atomic E-state index is 11.7. The van der Waals surface area contributed by atoms with Crippen molar-refractivity contribution in [2.24, 2.45) is 5.92 Å². The molecule has 0 aliphatic heterocycles. The lowest BCUT2D eigenvalue weighted by Crippen LogP contribution is -2.36. The zero-order valence-corrected chi connectivity index (χ0v) is 13.9. The molecule has 1 N–H and O–H groups in total. The van der Waals surface area contributed by atoms with Crippen LogP contribution in [0.15, 0.2) is 22.7 Å². The van der Waals surface area contributed by atoms with E-state index in [-0.39, 0.29) is 5.91 Å². The number of likely N-dealkylation sites (N-methyl/N-ethyl adjacent to an activating group) is 1. The van der Waals surface area contributed by atoms with E-state index < -0.39 is 0 Å². The number of rotatable bonds is 6. The molecule has 0 fully saturated rings. The van der Waals surface area contributed by atoms with Gasteiger partial charge in [0.25, 0.3) is 0 Å². The number of halogens is 2. The number of nitrogens with zero attached hydrogens (tertiary/aromatic N) is 1. The van der Waals surface area contributed by atoms with Crippen LogP contribution in [-0.2, 0) is 11.3 Å². The Bertz CT molecular complexity index is 437. The van der Waals surface area contributed by atoms with Crippen LogP contribution < -0.4 is 5.32 Å². The highest BCUT2D eigenvalue weighted by molar-refractivity contribution is 9.10. The highest BCUT2D eigenvalue weighted by atomic mass is 79.9. The third kappa shape index (κ3) is 6.41. The van der Waals surface area contributed by atoms with Gasteiger partial charge in [-0.1, -0.05) is 47.4 Å². The highest BCUT2D eigenvalue weighted by Crippen LogP contribution is 2.22. The van der Waals surface area contributed by atoms with Crippen LogP contribution in [0.5, 0.6) is 0 Å². The minimum absolute atomic E-state index is 0.0458. The first kappa shape index (κ1) is 16.5. The van der Waals surface area contributed by atoms with Crippen molar-refractivity contribution in [1.29, 1.82) is 0 Å². The predicted molar refractivity (Wildman–Crippen MR) is 83.3 cm³/mol. The Balaban J connectivity index is 2.46. The number of hydrogen-bond acceptors (Lipinski definition) is 2. The summed E-state index contributed by atoms with van der Waals surface area (Å²) in [7, 11) is 1.91. The smallest absolute Gasteiger partial charge is 0.234 e. The van der Waals surface area contributed by atoms with E-state index in [2.05, 4.69) is 35.1 Å². The van der Waals surface area contributed by atoms with Gasteiger partial charge in [-0.15, -0.1) is 0 Å². The molecule has 1 aromatic rings. The molecule has 0 atom stereocenters. The average Bonchev–Trinajstić information content (AvgIpc) is 2.30. The second-order valence-corrected chi connectivity index (χ2v) is 6.43. The van der Waals surface area contributed by atoms with Crippen molar-refractivity contribution in [2.75, 3.05) is 20.1 Å². The molecule has 0 spiro atoms. The third-order valence-corrected chi connectivity index (χ3v) is 3.42. The molecule has 0 bridgehead atoms. The number of nitrogens with one attached hydrogen (secondary N) is 1. The van der Waals surface area contributed by atoms with Gasteiger partial charge >= 0.3 is 0 Å². The van der Waals surface area contributed by atoms with E-state index >= 15 is 0 Å². The Hall–Kier alpha value is -0.580. The van der Waals surface area contributed by atoms with Gasteiger partial charge in [0.05, 0.1) is 6.54 Å². The fourth-order valence-electron chi connectivity index (χ4n) is 1.62. The lowest BCUT2D eigenvalue weighted by atomic mass is 10.2. The van der Waals surface area contributed by atoms with Crippen LogP contribution in [0.3, 0.4) is 0 Å². The van der Waals surface area contributed by atoms with Gasteiger partial charge in [-0.2, -0.15) is 0 Å². The lowest BCUT2D eigenvalue weighted by Gasteiger charge is -2.17. The molecule has 1 rings (SSSR count). The quantitative estimate of drug-likeness (QED) is 0.856. The molecule has 106 valence electrons. The van der Waals surface area contributed by atoms with E-state index in [4.69, 9.17) is 11.6 Å². The normalized spacial score (nSPS) is 11.1. The van der Waals surface area contributed by atoms with Gasteiger partial charge in [-0.05, 0) is 30.7 Å². The summed E-state index contributed by atoms with van der Waals surface area (Å²) in [4.78, 5) is 13.6. The Morgan fingerprint density at radius 3 is 2.74 bits per heavy atom. The summed E-state index contributed by atoms with van der Waals surface area (Å²) in [6, 6.07) is 5.78. The largest absolute Gasteiger partial charge is 0.355 e. The maximum atomic E-state index is 11.7. The molecule has 0 heterocycles. The number of carbonyl (C=O) groups excluding carboxylic acids is 1. The van der Waals surface area contributed by atoms with Crippen molar-refractivity contribution in [1.82, 2.24) is 10.2 Å². The Labute approximate surface area is 128 Å². The van der Waals surface area contributed by atoms with Gasteiger partial charge in [-0.25, -0.2) is 0 Å². The molecular weight excluding hydrogens is 328 g/mol. The van der Waals surface area contributed by atoms with Crippen LogP contribution in [0.1, 0.15) is 19.4 Å². The molecule has 5 heteroatoms. The Morgan fingerprint density at radius 1 is 1.47 bits per heavy atom. The number of hydrogen-bond donors (Lipinski definition) is 1. The zero-order valence-electron chi connectivity index (χ0n) is 11.5. The summed E-state index contributed by atoms with van der Waals surface area (Å²) >= 11 is 9.53. The predicted octanol–water partition coefficient (Wildman–Crippen LogP) is 3.31. The van der Waals surface area contributed by atoms with Gasteiger partial charge in [0.1, 0.15) is 0 Å². The topological polar surface area (TPSA) is 32.3 Å². The van der Waals surface area contributed by atoms with Crippen molar-refractivity contribution in [2.45, 2.75) is 20.4 Å². The Morgan fingerprint density at radius 2 is 2.16 bits per heavy atom. The molecule has 0 aliphatic rings. The van der Waals surface area contributed by atoms with Gasteiger partial charge in [0, 0.05) is 22.6 Å². The second kappa shape index (κ2) is 7.88. The van der Waals surface area contributed by atoms with Gasteiger partial charge in [0.15, 0.2) is 0 Å². The lowest BCUT2D eigenvalue weighted by molar-refractivity contribution is -0.122. The van der Waals surface area contributed by atoms with Crippen molar-refractivity contribution >= 4 is 33.4 Å². The van der Waals surface area contributed by atoms with Gasteiger partial charge in [-0.3, -0.25) is 9.69 Å². The number of amides is 1. The van der Waals surface area contributed by atoms with Gasteiger partial charge in [0.2, 0.25) is 5.91 Å². The summed E-state index contributed by atoms with van der Waals surface area (Å²) in [5.41, 5.74) is 1.02. The first-order valence-electron chi connectivity index (χ1n) is 6.27. The fourth-order valence-corrected chi connectivity index (χ4v) is 2.35. The summed E-state index contributed by atoms with van der Waals surface area (Å²) in [6.45, 7) is 5.89. The van der Waals surface area contributed by atoms with Crippen LogP contribution >= 0.6 is 27.5 Å². The minimum Gasteiger partial charge on any atom is -0.355 e. The van der Waals surface area contributed by atoms with E-state index in [1.807, 2.05) is 30.1 Å². The van der Waals surface area contributed by atoms with E-state index in [1.54, 1.807) is 0 Å². The molecule has 0 radical (unpaired) electrons. The third-order valence-electron chi connectivity index (χ3n) is 2.58. The fraction of sp³-hybridized carbons (Fsp3) is 0.500. The average molecular weight is 348 g/mol. The van der Waals surface area contributed by atoms with Crippen molar-refractivity contribution in [3.8, 4) is 0 Å². The summed E-state index contributed by atoms with van der Waals surface area (Å²) in [5, 5.41) is 3.61. The van der Waals surface area contributed by atoms with Crippen LogP contribution in [0, 0.1) is 5.92 Å². The van der Waals surface area contributed by atoms with E-state index in [0.717, 1.165) is 10.0 Å². The van der Waals surface area contributed by atoms with E-state index in [9.17, 15) is 4.79 Å². The molecular formula is C14H20BrClN2O. The molecule has 19 heavy (non-hydrogen) atoms. The summed E-state index contributed by atoms with van der Waals surface area (Å²) in [5.74, 6) is 0.514. The standard InChI is InChI=1S/C14H20BrClN2O/c1-10(2)7-17-14(19)9-18(3)8-11-4-5-12(15)6-13(11)16/h4-6,10H,7-9H2,1-3H3,(H,17,19). The second-order valence-electron chi connectivity index (χ2n) is 5.11. The molecule has 1 aromatic carbocycles. The summed E-state index contributed by atoms with van der Waals surface area (Å²) in [6.07, 6.45) is 0. The van der Waals surface area contributed by atoms with Crippen LogP contribution in [0.4, 0.5) is 0 Å². The number of benzene rings is 1. The van der Waals surface area contributed by atoms with Crippen molar-refractivity contribution in [3.05, 3.63) is 33.3 Å². The zero-order chi connectivity index (χ0) is 14.4. The molecule has 0 aromatic heterocycles. The molecule has 0 saturated heterocycles. The van der Waals surface area contributed by atoms with Gasteiger partial charge < -0.3 is 5.32 Å². The Kier molecular flexibility index (Phi) is 6.83. The molecule has 1 amide bonds. The van der Waals surface area contributed by atoms with E-state index in [0.29, 0.717) is 30.6 Å². The molecule has 3 nitrogen and oxygen atoms in total. The highest BCUT2D eigenvalue weighted by Gasteiger charge is 2.09. The minimum atomic E-state index is 0.0458. The first-order chi connectivity index (χ1) is 8.88. The maximum Gasteiger partial charge on any atom is 0.234 e. The summed E-state index contributed by atoms with van der Waals surface area (Å²) < 4.78 is 0.957. The SMILES string of the molecule is CC(C)CNC(=O)CN(C)Cc1ccc(Br)cc1Cl. The van der Waals surface area contributed by atoms with Crippen molar-refractivity contribution < 1.29 is 4.79 Å². The van der Waals surface area contributed by atoms with Crippen molar-refractivity contribution in [3.63, 3.8) is 0 Å². The molecule has 0 unspecified atom stereocenters. The van der Waals surface area contributed by atoms with Crippen LogP contribution in [0.2, 0.25) is 5.02 Å². The number of carbonyl (C=O) groups is 1. The molecule has 0 aliphatic carbocycles. The van der Waals surface area contributed by atoms with Crippen LogP contribution in [0.25, 0.3) is 0 Å². The van der Waals surface area contributed by atoms with E-state index in [1.165, 1.54) is 0 Å². The monoisotopic (exact) mass is 346 g/mol. The first-order valence-corrected chi connectivity index (χ1v) is 7.44.